The maximum absolute atomic E-state index is 11.4. The molecule has 0 aliphatic heterocycles. The molecular weight excluding hydrogens is 244 g/mol. The Morgan fingerprint density at radius 2 is 2.21 bits per heavy atom. The molecule has 0 bridgehead atoms. The van der Waals surface area contributed by atoms with Crippen LogP contribution in [0.1, 0.15) is 30.1 Å². The van der Waals surface area contributed by atoms with Crippen LogP contribution in [0.2, 0.25) is 0 Å². The van der Waals surface area contributed by atoms with Gasteiger partial charge in [0, 0.05) is 12.6 Å². The van der Waals surface area contributed by atoms with E-state index in [1.807, 2.05) is 13.0 Å². The van der Waals surface area contributed by atoms with E-state index in [-0.39, 0.29) is 5.97 Å². The lowest BCUT2D eigenvalue weighted by molar-refractivity contribution is 0.00300. The Labute approximate surface area is 113 Å². The molecule has 0 spiro atoms. The van der Waals surface area contributed by atoms with Crippen LogP contribution in [0.25, 0.3) is 0 Å². The normalized spacial score (nSPS) is 21.6. The standard InChI is InChI=1S/C14H20N2O3/c1-3-19-11-7-10(8-11)16-13-5-4-9(6-12(13)15)14(17)18-2/h4-6,10-11,16H,3,7-8,15H2,1-2H3. The summed E-state index contributed by atoms with van der Waals surface area (Å²) >= 11 is 0. The van der Waals surface area contributed by atoms with Gasteiger partial charge in [0.15, 0.2) is 0 Å². The first-order chi connectivity index (χ1) is 9.13. The van der Waals surface area contributed by atoms with Crippen LogP contribution in [0.3, 0.4) is 0 Å². The molecule has 1 aliphatic rings. The van der Waals surface area contributed by atoms with Gasteiger partial charge in [0.2, 0.25) is 0 Å². The second-order valence-corrected chi connectivity index (χ2v) is 4.68. The van der Waals surface area contributed by atoms with Crippen molar-refractivity contribution in [3.8, 4) is 0 Å². The third kappa shape index (κ3) is 3.17. The molecule has 1 saturated carbocycles. The lowest BCUT2D eigenvalue weighted by atomic mass is 9.89. The van der Waals surface area contributed by atoms with Gasteiger partial charge in [0.05, 0.1) is 30.2 Å². The van der Waals surface area contributed by atoms with Crippen LogP contribution in [-0.2, 0) is 9.47 Å². The summed E-state index contributed by atoms with van der Waals surface area (Å²) in [5.74, 6) is -0.377. The van der Waals surface area contributed by atoms with E-state index in [1.165, 1.54) is 7.11 Å². The van der Waals surface area contributed by atoms with Gasteiger partial charge in [0.1, 0.15) is 0 Å². The summed E-state index contributed by atoms with van der Waals surface area (Å²) in [6.07, 6.45) is 2.34. The lowest BCUT2D eigenvalue weighted by Gasteiger charge is -2.36. The largest absolute Gasteiger partial charge is 0.465 e. The number of ether oxygens (including phenoxy) is 2. The van der Waals surface area contributed by atoms with Crippen molar-refractivity contribution < 1.29 is 14.3 Å². The molecule has 0 radical (unpaired) electrons. The first kappa shape index (κ1) is 13.7. The van der Waals surface area contributed by atoms with Crippen LogP contribution >= 0.6 is 0 Å². The fourth-order valence-electron chi connectivity index (χ4n) is 2.21. The van der Waals surface area contributed by atoms with Gasteiger partial charge in [-0.2, -0.15) is 0 Å². The molecule has 0 unspecified atom stereocenters. The third-order valence-corrected chi connectivity index (χ3v) is 3.33. The molecule has 1 aromatic rings. The van der Waals surface area contributed by atoms with Crippen molar-refractivity contribution >= 4 is 17.3 Å². The van der Waals surface area contributed by atoms with Crippen LogP contribution in [0.5, 0.6) is 0 Å². The van der Waals surface area contributed by atoms with Crippen molar-refractivity contribution in [3.05, 3.63) is 23.8 Å². The van der Waals surface area contributed by atoms with Gasteiger partial charge in [-0.25, -0.2) is 4.79 Å². The quantitative estimate of drug-likeness (QED) is 0.629. The van der Waals surface area contributed by atoms with Crippen LogP contribution in [0.4, 0.5) is 11.4 Å². The topological polar surface area (TPSA) is 73.6 Å². The van der Waals surface area contributed by atoms with E-state index in [2.05, 4.69) is 10.1 Å². The lowest BCUT2D eigenvalue weighted by Crippen LogP contribution is -2.40. The second-order valence-electron chi connectivity index (χ2n) is 4.68. The number of nitrogens with one attached hydrogen (secondary N) is 1. The van der Waals surface area contributed by atoms with Crippen LogP contribution in [-0.4, -0.2) is 31.8 Å². The Hall–Kier alpha value is -1.75. The summed E-state index contributed by atoms with van der Waals surface area (Å²) in [5, 5.41) is 3.36. The Morgan fingerprint density at radius 3 is 2.79 bits per heavy atom. The number of carbonyl (C=O) groups is 1. The second kappa shape index (κ2) is 5.93. The number of methoxy groups -OCH3 is 1. The predicted molar refractivity (Wildman–Crippen MR) is 74.3 cm³/mol. The summed E-state index contributed by atoms with van der Waals surface area (Å²) in [5.41, 5.74) is 7.81. The number of anilines is 2. The van der Waals surface area contributed by atoms with Crippen molar-refractivity contribution in [1.29, 1.82) is 0 Å². The van der Waals surface area contributed by atoms with E-state index < -0.39 is 0 Å². The molecule has 0 saturated heterocycles. The molecule has 0 atom stereocenters. The van der Waals surface area contributed by atoms with Gasteiger partial charge >= 0.3 is 5.97 Å². The van der Waals surface area contributed by atoms with E-state index in [4.69, 9.17) is 10.5 Å². The van der Waals surface area contributed by atoms with Crippen LogP contribution < -0.4 is 11.1 Å². The van der Waals surface area contributed by atoms with Gasteiger partial charge in [-0.15, -0.1) is 0 Å². The summed E-state index contributed by atoms with van der Waals surface area (Å²) in [4.78, 5) is 11.4. The average Bonchev–Trinajstić information content (AvgIpc) is 2.37. The average molecular weight is 264 g/mol. The Balaban J connectivity index is 1.93. The van der Waals surface area contributed by atoms with Crippen LogP contribution in [0.15, 0.2) is 18.2 Å². The van der Waals surface area contributed by atoms with E-state index >= 15 is 0 Å². The van der Waals surface area contributed by atoms with Gasteiger partial charge in [-0.05, 0) is 38.0 Å². The highest BCUT2D eigenvalue weighted by atomic mass is 16.5. The van der Waals surface area contributed by atoms with Crippen molar-refractivity contribution in [2.45, 2.75) is 31.9 Å². The Kier molecular flexibility index (Phi) is 4.27. The van der Waals surface area contributed by atoms with E-state index in [9.17, 15) is 4.79 Å². The highest BCUT2D eigenvalue weighted by Gasteiger charge is 2.29. The first-order valence-corrected chi connectivity index (χ1v) is 6.50. The molecule has 1 fully saturated rings. The zero-order chi connectivity index (χ0) is 13.8. The Morgan fingerprint density at radius 1 is 1.47 bits per heavy atom. The summed E-state index contributed by atoms with van der Waals surface area (Å²) in [6, 6.07) is 5.55. The molecular formula is C14H20N2O3. The van der Waals surface area contributed by atoms with Crippen LogP contribution in [0, 0.1) is 0 Å². The number of nitrogen functional groups attached to an aromatic ring is 1. The van der Waals surface area contributed by atoms with E-state index in [0.717, 1.165) is 25.1 Å². The number of benzene rings is 1. The first-order valence-electron chi connectivity index (χ1n) is 6.50. The van der Waals surface area contributed by atoms with Gasteiger partial charge in [-0.1, -0.05) is 0 Å². The molecule has 0 heterocycles. The minimum atomic E-state index is -0.377. The fraction of sp³-hybridized carbons (Fsp3) is 0.500. The number of rotatable bonds is 5. The zero-order valence-electron chi connectivity index (χ0n) is 11.3. The van der Waals surface area contributed by atoms with Crippen molar-refractivity contribution in [2.75, 3.05) is 24.8 Å². The molecule has 1 aromatic carbocycles. The third-order valence-electron chi connectivity index (χ3n) is 3.33. The highest BCUT2D eigenvalue weighted by Crippen LogP contribution is 2.29. The molecule has 0 amide bonds. The van der Waals surface area contributed by atoms with Gasteiger partial charge in [-0.3, -0.25) is 0 Å². The molecule has 3 N–H and O–H groups in total. The maximum Gasteiger partial charge on any atom is 0.337 e. The van der Waals surface area contributed by atoms with E-state index in [0.29, 0.717) is 23.4 Å². The maximum atomic E-state index is 11.4. The predicted octanol–water partition coefficient (Wildman–Crippen LogP) is 2.03. The molecule has 2 rings (SSSR count). The SMILES string of the molecule is CCOC1CC(Nc2ccc(C(=O)OC)cc2N)C1. The molecule has 0 aromatic heterocycles. The summed E-state index contributed by atoms with van der Waals surface area (Å²) < 4.78 is 10.2. The Bertz CT molecular complexity index is 456. The fourth-order valence-corrected chi connectivity index (χ4v) is 2.21. The number of carbonyl (C=O) groups excluding carboxylic acids is 1. The molecule has 19 heavy (non-hydrogen) atoms. The molecule has 5 heteroatoms. The molecule has 1 aliphatic carbocycles. The van der Waals surface area contributed by atoms with E-state index in [1.54, 1.807) is 12.1 Å². The number of esters is 1. The number of hydrogen-bond acceptors (Lipinski definition) is 5. The summed E-state index contributed by atoms with van der Waals surface area (Å²) in [6.45, 7) is 2.76. The van der Waals surface area contributed by atoms with Crippen molar-refractivity contribution in [1.82, 2.24) is 0 Å². The monoisotopic (exact) mass is 264 g/mol. The number of hydrogen-bond donors (Lipinski definition) is 2. The van der Waals surface area contributed by atoms with Gasteiger partial charge in [0.25, 0.3) is 0 Å². The minimum absolute atomic E-state index is 0.359. The highest BCUT2D eigenvalue weighted by molar-refractivity contribution is 5.91. The molecule has 5 nitrogen and oxygen atoms in total. The minimum Gasteiger partial charge on any atom is -0.465 e. The number of nitrogens with two attached hydrogens (primary N) is 1. The molecule has 104 valence electrons. The summed E-state index contributed by atoms with van der Waals surface area (Å²) in [7, 11) is 1.35. The smallest absolute Gasteiger partial charge is 0.337 e. The van der Waals surface area contributed by atoms with Gasteiger partial charge < -0.3 is 20.5 Å². The van der Waals surface area contributed by atoms with Crippen molar-refractivity contribution in [2.24, 2.45) is 0 Å². The zero-order valence-corrected chi connectivity index (χ0v) is 11.3. The van der Waals surface area contributed by atoms with Crippen molar-refractivity contribution in [3.63, 3.8) is 0 Å².